The summed E-state index contributed by atoms with van der Waals surface area (Å²) in [6.45, 7) is 2.13. The Morgan fingerprint density at radius 3 is 2.17 bits per heavy atom. The molecule has 0 aromatic carbocycles. The second-order valence-electron chi connectivity index (χ2n) is 4.92. The van der Waals surface area contributed by atoms with Crippen LogP contribution in [0.25, 0.3) is 0 Å². The van der Waals surface area contributed by atoms with Gasteiger partial charge in [-0.1, -0.05) is 13.8 Å². The first kappa shape index (κ1) is 14.7. The SMILES string of the molecule is CC1(C)C(C(=O)O)C1C(=O)NCC(O)C(F)(F)F. The maximum absolute atomic E-state index is 12.0. The summed E-state index contributed by atoms with van der Waals surface area (Å²) < 4.78 is 35.9. The predicted octanol–water partition coefficient (Wildman–Crippen LogP) is 0.383. The number of aliphatic hydroxyl groups excluding tert-OH is 1. The fraction of sp³-hybridized carbons (Fsp3) is 0.800. The minimum Gasteiger partial charge on any atom is -0.481 e. The number of hydrogen-bond acceptors (Lipinski definition) is 3. The number of nitrogens with one attached hydrogen (secondary N) is 1. The lowest BCUT2D eigenvalue weighted by molar-refractivity contribution is -0.201. The minimum absolute atomic E-state index is 0.779. The predicted molar refractivity (Wildman–Crippen MR) is 53.5 cm³/mol. The standard InChI is InChI=1S/C10H14F3NO4/c1-9(2)5(6(9)8(17)18)7(16)14-3-4(15)10(11,12)13/h4-6,15H,3H2,1-2H3,(H,14,16)(H,17,18). The summed E-state index contributed by atoms with van der Waals surface area (Å²) in [5.74, 6) is -3.71. The summed E-state index contributed by atoms with van der Waals surface area (Å²) >= 11 is 0. The molecule has 104 valence electrons. The van der Waals surface area contributed by atoms with Crippen molar-refractivity contribution in [2.24, 2.45) is 17.3 Å². The van der Waals surface area contributed by atoms with Crippen LogP contribution in [0.2, 0.25) is 0 Å². The van der Waals surface area contributed by atoms with Crippen LogP contribution in [0.4, 0.5) is 13.2 Å². The average Bonchev–Trinajstić information content (AvgIpc) is 2.76. The van der Waals surface area contributed by atoms with Crippen molar-refractivity contribution in [3.63, 3.8) is 0 Å². The van der Waals surface area contributed by atoms with E-state index in [0.717, 1.165) is 0 Å². The van der Waals surface area contributed by atoms with E-state index in [1.807, 2.05) is 5.32 Å². The van der Waals surface area contributed by atoms with Gasteiger partial charge in [-0.3, -0.25) is 9.59 Å². The van der Waals surface area contributed by atoms with Crippen molar-refractivity contribution in [3.8, 4) is 0 Å². The topological polar surface area (TPSA) is 86.6 Å². The van der Waals surface area contributed by atoms with E-state index in [2.05, 4.69) is 0 Å². The van der Waals surface area contributed by atoms with Crippen molar-refractivity contribution in [3.05, 3.63) is 0 Å². The van der Waals surface area contributed by atoms with Crippen molar-refractivity contribution in [2.75, 3.05) is 6.54 Å². The molecule has 3 unspecified atom stereocenters. The first-order valence-electron chi connectivity index (χ1n) is 5.25. The number of carboxylic acid groups (broad SMARTS) is 1. The number of aliphatic hydroxyl groups is 1. The van der Waals surface area contributed by atoms with Crippen molar-refractivity contribution in [1.29, 1.82) is 0 Å². The molecule has 0 bridgehead atoms. The highest BCUT2D eigenvalue weighted by molar-refractivity contribution is 5.91. The Morgan fingerprint density at radius 1 is 1.33 bits per heavy atom. The van der Waals surface area contributed by atoms with Gasteiger partial charge in [0.1, 0.15) is 0 Å². The van der Waals surface area contributed by atoms with Crippen molar-refractivity contribution in [1.82, 2.24) is 5.32 Å². The first-order valence-corrected chi connectivity index (χ1v) is 5.25. The largest absolute Gasteiger partial charge is 0.481 e. The maximum Gasteiger partial charge on any atom is 0.416 e. The quantitative estimate of drug-likeness (QED) is 0.688. The Hall–Kier alpha value is -1.31. The van der Waals surface area contributed by atoms with E-state index in [9.17, 15) is 22.8 Å². The van der Waals surface area contributed by atoms with Crippen LogP contribution in [0.15, 0.2) is 0 Å². The number of alkyl halides is 3. The molecule has 0 heterocycles. The zero-order valence-electron chi connectivity index (χ0n) is 9.78. The molecule has 3 atom stereocenters. The number of carbonyl (C=O) groups excluding carboxylic acids is 1. The van der Waals surface area contributed by atoms with Crippen molar-refractivity contribution >= 4 is 11.9 Å². The average molecular weight is 269 g/mol. The Morgan fingerprint density at radius 2 is 1.83 bits per heavy atom. The number of amides is 1. The zero-order valence-corrected chi connectivity index (χ0v) is 9.78. The molecule has 0 saturated heterocycles. The van der Waals surface area contributed by atoms with Crippen LogP contribution in [0.5, 0.6) is 0 Å². The molecule has 5 nitrogen and oxygen atoms in total. The van der Waals surface area contributed by atoms with Crippen LogP contribution in [0, 0.1) is 17.3 Å². The van der Waals surface area contributed by atoms with Crippen LogP contribution in [-0.2, 0) is 9.59 Å². The summed E-state index contributed by atoms with van der Waals surface area (Å²) in [6.07, 6.45) is -7.45. The molecule has 0 radical (unpaired) electrons. The van der Waals surface area contributed by atoms with E-state index in [1.165, 1.54) is 0 Å². The van der Waals surface area contributed by atoms with Gasteiger partial charge in [0, 0.05) is 0 Å². The first-order chi connectivity index (χ1) is 7.99. The van der Waals surface area contributed by atoms with Gasteiger partial charge in [0.05, 0.1) is 18.4 Å². The molecule has 1 aliphatic rings. The van der Waals surface area contributed by atoms with Gasteiger partial charge in [-0.15, -0.1) is 0 Å². The molecular formula is C10H14F3NO4. The second kappa shape index (κ2) is 4.42. The van der Waals surface area contributed by atoms with E-state index < -0.39 is 48.0 Å². The van der Waals surface area contributed by atoms with E-state index in [-0.39, 0.29) is 0 Å². The number of aliphatic carboxylic acids is 1. The van der Waals surface area contributed by atoms with E-state index in [1.54, 1.807) is 13.8 Å². The molecule has 0 aromatic heterocycles. The van der Waals surface area contributed by atoms with E-state index in [4.69, 9.17) is 10.2 Å². The highest BCUT2D eigenvalue weighted by Crippen LogP contribution is 2.58. The highest BCUT2D eigenvalue weighted by atomic mass is 19.4. The molecule has 0 spiro atoms. The summed E-state index contributed by atoms with van der Waals surface area (Å²) in [4.78, 5) is 22.3. The van der Waals surface area contributed by atoms with Gasteiger partial charge in [-0.05, 0) is 5.41 Å². The third kappa shape index (κ3) is 2.74. The van der Waals surface area contributed by atoms with Crippen LogP contribution in [0.1, 0.15) is 13.8 Å². The van der Waals surface area contributed by atoms with Crippen LogP contribution in [0.3, 0.4) is 0 Å². The van der Waals surface area contributed by atoms with Gasteiger partial charge < -0.3 is 15.5 Å². The fourth-order valence-electron chi connectivity index (χ4n) is 2.01. The third-order valence-corrected chi connectivity index (χ3v) is 3.22. The van der Waals surface area contributed by atoms with Gasteiger partial charge >= 0.3 is 12.1 Å². The molecule has 18 heavy (non-hydrogen) atoms. The van der Waals surface area contributed by atoms with Gasteiger partial charge in [0.25, 0.3) is 0 Å². The molecule has 1 rings (SSSR count). The number of rotatable bonds is 4. The van der Waals surface area contributed by atoms with Crippen molar-refractivity contribution < 1.29 is 33.0 Å². The fourth-order valence-corrected chi connectivity index (χ4v) is 2.01. The van der Waals surface area contributed by atoms with E-state index in [0.29, 0.717) is 0 Å². The summed E-state index contributed by atoms with van der Waals surface area (Å²) in [7, 11) is 0. The number of carboxylic acids is 1. The van der Waals surface area contributed by atoms with Crippen LogP contribution < -0.4 is 5.32 Å². The van der Waals surface area contributed by atoms with Gasteiger partial charge in [-0.2, -0.15) is 13.2 Å². The lowest BCUT2D eigenvalue weighted by Crippen LogP contribution is -2.41. The van der Waals surface area contributed by atoms with Gasteiger partial charge in [-0.25, -0.2) is 0 Å². The Labute approximate surface area is 101 Å². The Balaban J connectivity index is 2.52. The molecule has 8 heteroatoms. The maximum atomic E-state index is 12.0. The summed E-state index contributed by atoms with van der Waals surface area (Å²) in [5.41, 5.74) is -0.779. The van der Waals surface area contributed by atoms with Gasteiger partial charge in [0.15, 0.2) is 6.10 Å². The number of halogens is 3. The minimum atomic E-state index is -4.81. The number of hydrogen-bond donors (Lipinski definition) is 3. The van der Waals surface area contributed by atoms with Crippen molar-refractivity contribution in [2.45, 2.75) is 26.1 Å². The molecule has 3 N–H and O–H groups in total. The monoisotopic (exact) mass is 269 g/mol. The lowest BCUT2D eigenvalue weighted by atomic mass is 10.1. The highest BCUT2D eigenvalue weighted by Gasteiger charge is 2.65. The molecule has 1 aliphatic carbocycles. The van der Waals surface area contributed by atoms with Crippen LogP contribution >= 0.6 is 0 Å². The third-order valence-electron chi connectivity index (χ3n) is 3.22. The van der Waals surface area contributed by atoms with Crippen LogP contribution in [-0.4, -0.2) is 40.9 Å². The number of carbonyl (C=O) groups is 2. The lowest BCUT2D eigenvalue weighted by Gasteiger charge is -2.15. The van der Waals surface area contributed by atoms with Gasteiger partial charge in [0.2, 0.25) is 5.91 Å². The molecule has 1 amide bonds. The summed E-state index contributed by atoms with van der Waals surface area (Å²) in [6, 6.07) is 0. The zero-order chi connectivity index (χ0) is 14.3. The molecule has 1 saturated carbocycles. The molecule has 1 fully saturated rings. The summed E-state index contributed by atoms with van der Waals surface area (Å²) in [5, 5.41) is 19.4. The normalized spacial score (nSPS) is 27.4. The molecule has 0 aliphatic heterocycles. The Bertz CT molecular complexity index is 367. The Kier molecular flexibility index (Phi) is 3.62. The molecular weight excluding hydrogens is 255 g/mol. The second-order valence-corrected chi connectivity index (χ2v) is 4.92. The van der Waals surface area contributed by atoms with E-state index >= 15 is 0 Å². The molecule has 0 aromatic rings. The smallest absolute Gasteiger partial charge is 0.416 e.